The van der Waals surface area contributed by atoms with Crippen LogP contribution in [0.2, 0.25) is 13.1 Å². The molecule has 0 aromatic heterocycles. The molecule has 1 N–H and O–H groups in total. The summed E-state index contributed by atoms with van der Waals surface area (Å²) in [5, 5.41) is 9.54. The van der Waals surface area contributed by atoms with Crippen LogP contribution < -0.4 is 4.43 Å². The lowest BCUT2D eigenvalue weighted by molar-refractivity contribution is 0.298. The van der Waals surface area contributed by atoms with Crippen LogP contribution in [0.15, 0.2) is 6.07 Å². The standard InChI is InChI=1S/C20H36O2Si/c1-8-10-16-14-15(12-13-21)18(20(3,4)5)17(11-9-2)19(16)22-23(6)7/h14,21,23H,8-13H2,1-7H3. The SMILES string of the molecule is CCCc1cc(CCO)c(C(C)(C)C)c(CCC)c1O[SiH](C)C. The van der Waals surface area contributed by atoms with E-state index >= 15 is 0 Å². The van der Waals surface area contributed by atoms with Crippen molar-refractivity contribution < 1.29 is 9.53 Å². The Bertz CT molecular complexity index is 501. The summed E-state index contributed by atoms with van der Waals surface area (Å²) in [6.07, 6.45) is 5.08. The van der Waals surface area contributed by atoms with E-state index in [1.807, 2.05) is 0 Å². The van der Waals surface area contributed by atoms with Gasteiger partial charge in [0.05, 0.1) is 0 Å². The molecule has 2 nitrogen and oxygen atoms in total. The Kier molecular flexibility index (Phi) is 7.82. The third kappa shape index (κ3) is 5.35. The highest BCUT2D eigenvalue weighted by Crippen LogP contribution is 2.39. The second-order valence-electron chi connectivity index (χ2n) is 7.77. The van der Waals surface area contributed by atoms with E-state index in [9.17, 15) is 5.11 Å². The topological polar surface area (TPSA) is 29.5 Å². The van der Waals surface area contributed by atoms with Gasteiger partial charge in [-0.1, -0.05) is 53.5 Å². The molecule has 1 aromatic rings. The number of aryl methyl sites for hydroxylation is 1. The minimum Gasteiger partial charge on any atom is -0.547 e. The lowest BCUT2D eigenvalue weighted by atomic mass is 9.77. The molecule has 0 radical (unpaired) electrons. The summed E-state index contributed by atoms with van der Waals surface area (Å²) in [5.74, 6) is 1.17. The zero-order valence-electron chi connectivity index (χ0n) is 16.3. The highest BCUT2D eigenvalue weighted by Gasteiger charge is 2.26. The fraction of sp³-hybridized carbons (Fsp3) is 0.700. The summed E-state index contributed by atoms with van der Waals surface area (Å²) < 4.78 is 6.43. The Balaban J connectivity index is 3.68. The molecular weight excluding hydrogens is 300 g/mol. The summed E-state index contributed by atoms with van der Waals surface area (Å²) in [7, 11) is -1.16. The van der Waals surface area contributed by atoms with E-state index in [1.54, 1.807) is 0 Å². The third-order valence-electron chi connectivity index (χ3n) is 4.04. The number of rotatable bonds is 8. The summed E-state index contributed by atoms with van der Waals surface area (Å²) in [6.45, 7) is 16.0. The molecule has 0 bridgehead atoms. The van der Waals surface area contributed by atoms with E-state index < -0.39 is 9.04 Å². The van der Waals surface area contributed by atoms with Gasteiger partial charge >= 0.3 is 0 Å². The van der Waals surface area contributed by atoms with Crippen molar-refractivity contribution in [3.8, 4) is 5.75 Å². The molecule has 3 heteroatoms. The van der Waals surface area contributed by atoms with Gasteiger partial charge in [0.15, 0.2) is 0 Å². The number of benzene rings is 1. The van der Waals surface area contributed by atoms with Gasteiger partial charge in [0.1, 0.15) is 5.75 Å². The van der Waals surface area contributed by atoms with Crippen LogP contribution >= 0.6 is 0 Å². The van der Waals surface area contributed by atoms with Crippen LogP contribution in [-0.2, 0) is 24.7 Å². The van der Waals surface area contributed by atoms with Crippen LogP contribution in [-0.4, -0.2) is 20.8 Å². The molecule has 0 unspecified atom stereocenters. The molecule has 0 aliphatic carbocycles. The number of hydrogen-bond donors (Lipinski definition) is 1. The molecule has 0 amide bonds. The molecule has 0 atom stereocenters. The molecule has 0 spiro atoms. The molecule has 1 aromatic carbocycles. The maximum Gasteiger partial charge on any atom is 0.229 e. The normalized spacial score (nSPS) is 12.0. The van der Waals surface area contributed by atoms with Gasteiger partial charge in [0.2, 0.25) is 9.04 Å². The number of aliphatic hydroxyl groups excluding tert-OH is 1. The highest BCUT2D eigenvalue weighted by atomic mass is 28.3. The van der Waals surface area contributed by atoms with Gasteiger partial charge in [0.25, 0.3) is 0 Å². The van der Waals surface area contributed by atoms with Crippen LogP contribution in [0, 0.1) is 0 Å². The first kappa shape index (κ1) is 20.2. The first-order valence-electron chi connectivity index (χ1n) is 9.21. The molecule has 0 heterocycles. The maximum absolute atomic E-state index is 9.54. The zero-order valence-corrected chi connectivity index (χ0v) is 17.4. The van der Waals surface area contributed by atoms with Gasteiger partial charge in [-0.25, -0.2) is 0 Å². The monoisotopic (exact) mass is 336 g/mol. The van der Waals surface area contributed by atoms with Gasteiger partial charge in [-0.3, -0.25) is 0 Å². The van der Waals surface area contributed by atoms with Crippen LogP contribution in [0.1, 0.15) is 69.7 Å². The molecule has 0 aliphatic rings. The van der Waals surface area contributed by atoms with Crippen molar-refractivity contribution in [1.29, 1.82) is 0 Å². The van der Waals surface area contributed by atoms with Crippen molar-refractivity contribution in [2.45, 2.75) is 85.2 Å². The second-order valence-corrected chi connectivity index (χ2v) is 10.1. The third-order valence-corrected chi connectivity index (χ3v) is 4.75. The minimum atomic E-state index is -1.16. The predicted octanol–water partition coefficient (Wildman–Crippen LogP) is 4.79. The van der Waals surface area contributed by atoms with Gasteiger partial charge < -0.3 is 9.53 Å². The first-order chi connectivity index (χ1) is 10.8. The molecule has 0 aliphatic heterocycles. The quantitative estimate of drug-likeness (QED) is 0.692. The summed E-state index contributed by atoms with van der Waals surface area (Å²) in [5.41, 5.74) is 5.52. The van der Waals surface area contributed by atoms with Crippen molar-refractivity contribution in [3.05, 3.63) is 28.3 Å². The van der Waals surface area contributed by atoms with Gasteiger partial charge in [-0.15, -0.1) is 0 Å². The Morgan fingerprint density at radius 1 is 1.00 bits per heavy atom. The minimum absolute atomic E-state index is 0.0659. The molecule has 0 saturated carbocycles. The Labute approximate surface area is 145 Å². The molecule has 23 heavy (non-hydrogen) atoms. The second kappa shape index (κ2) is 8.88. The van der Waals surface area contributed by atoms with Crippen LogP contribution in [0.3, 0.4) is 0 Å². The van der Waals surface area contributed by atoms with E-state index in [2.05, 4.69) is 53.8 Å². The summed E-state index contributed by atoms with van der Waals surface area (Å²) >= 11 is 0. The molecular formula is C20H36O2Si. The fourth-order valence-corrected chi connectivity index (χ4v) is 4.19. The Hall–Kier alpha value is -0.803. The molecule has 0 fully saturated rings. The molecule has 0 saturated heterocycles. The van der Waals surface area contributed by atoms with Crippen molar-refractivity contribution in [2.24, 2.45) is 0 Å². The molecule has 132 valence electrons. The smallest absolute Gasteiger partial charge is 0.229 e. The van der Waals surface area contributed by atoms with Gasteiger partial charge in [-0.05, 0) is 60.0 Å². The van der Waals surface area contributed by atoms with Crippen molar-refractivity contribution >= 4 is 9.04 Å². The van der Waals surface area contributed by atoms with Gasteiger partial charge in [0, 0.05) is 6.61 Å². The Morgan fingerprint density at radius 2 is 1.61 bits per heavy atom. The summed E-state index contributed by atoms with van der Waals surface area (Å²) in [4.78, 5) is 0. The lowest BCUT2D eigenvalue weighted by Gasteiger charge is -2.31. The average molecular weight is 337 g/mol. The largest absolute Gasteiger partial charge is 0.547 e. The van der Waals surface area contributed by atoms with Crippen LogP contribution in [0.4, 0.5) is 0 Å². The van der Waals surface area contributed by atoms with E-state index in [0.717, 1.165) is 32.1 Å². The average Bonchev–Trinajstić information content (AvgIpc) is 2.41. The van der Waals surface area contributed by atoms with E-state index in [-0.39, 0.29) is 12.0 Å². The number of hydrogen-bond acceptors (Lipinski definition) is 2. The van der Waals surface area contributed by atoms with E-state index in [4.69, 9.17) is 4.43 Å². The first-order valence-corrected chi connectivity index (χ1v) is 12.0. The summed E-state index contributed by atoms with van der Waals surface area (Å²) in [6, 6.07) is 2.31. The van der Waals surface area contributed by atoms with Crippen molar-refractivity contribution in [1.82, 2.24) is 0 Å². The van der Waals surface area contributed by atoms with E-state index in [0.29, 0.717) is 0 Å². The fourth-order valence-electron chi connectivity index (χ4n) is 3.43. The van der Waals surface area contributed by atoms with Crippen LogP contribution in [0.5, 0.6) is 5.75 Å². The highest BCUT2D eigenvalue weighted by molar-refractivity contribution is 6.49. The molecule has 1 rings (SSSR count). The Morgan fingerprint density at radius 3 is 2.04 bits per heavy atom. The number of aliphatic hydroxyl groups is 1. The lowest BCUT2D eigenvalue weighted by Crippen LogP contribution is -2.22. The van der Waals surface area contributed by atoms with E-state index in [1.165, 1.54) is 28.0 Å². The zero-order chi connectivity index (χ0) is 17.6. The van der Waals surface area contributed by atoms with Crippen molar-refractivity contribution in [3.63, 3.8) is 0 Å². The van der Waals surface area contributed by atoms with Crippen LogP contribution in [0.25, 0.3) is 0 Å². The van der Waals surface area contributed by atoms with Crippen molar-refractivity contribution in [2.75, 3.05) is 6.61 Å². The maximum atomic E-state index is 9.54. The van der Waals surface area contributed by atoms with Gasteiger partial charge in [-0.2, -0.15) is 0 Å². The predicted molar refractivity (Wildman–Crippen MR) is 103 cm³/mol.